The minimum atomic E-state index is 0.185. The van der Waals surface area contributed by atoms with Gasteiger partial charge in [0.1, 0.15) is 0 Å². The summed E-state index contributed by atoms with van der Waals surface area (Å²) in [7, 11) is 0. The maximum absolute atomic E-state index is 6.00. The summed E-state index contributed by atoms with van der Waals surface area (Å²) >= 11 is 3.48. The first-order valence-corrected chi connectivity index (χ1v) is 7.62. The Hall–Kier alpha value is -1.23. The van der Waals surface area contributed by atoms with E-state index in [1.54, 1.807) is 6.20 Å². The lowest BCUT2D eigenvalue weighted by Crippen LogP contribution is -2.33. The molecule has 1 aromatic heterocycles. The van der Waals surface area contributed by atoms with Crippen LogP contribution in [0.3, 0.4) is 0 Å². The second-order valence-corrected chi connectivity index (χ2v) is 5.65. The Morgan fingerprint density at radius 3 is 2.60 bits per heavy atom. The third kappa shape index (κ3) is 3.88. The normalized spacial score (nSPS) is 12.6. The Morgan fingerprint density at radius 2 is 2.00 bits per heavy atom. The molecule has 20 heavy (non-hydrogen) atoms. The van der Waals surface area contributed by atoms with Crippen LogP contribution in [0.5, 0.6) is 0 Å². The number of halogens is 1. The van der Waals surface area contributed by atoms with Crippen LogP contribution < -0.4 is 5.73 Å². The smallest absolute Gasteiger partial charge is 0.0489 e. The van der Waals surface area contributed by atoms with Gasteiger partial charge in [0.25, 0.3) is 0 Å². The third-order valence-corrected chi connectivity index (χ3v) is 3.84. The van der Waals surface area contributed by atoms with E-state index in [4.69, 9.17) is 5.73 Å². The Bertz CT molecular complexity index is 530. The summed E-state index contributed by atoms with van der Waals surface area (Å²) in [6.45, 7) is 4.59. The maximum Gasteiger partial charge on any atom is 0.0489 e. The van der Waals surface area contributed by atoms with E-state index < -0.39 is 0 Å². The quantitative estimate of drug-likeness (QED) is 0.881. The number of nitrogens with zero attached hydrogens (tertiary/aromatic N) is 2. The number of pyridine rings is 1. The van der Waals surface area contributed by atoms with Crippen molar-refractivity contribution in [1.29, 1.82) is 0 Å². The van der Waals surface area contributed by atoms with Crippen molar-refractivity contribution in [3.05, 3.63) is 64.4 Å². The number of rotatable bonds is 6. The summed E-state index contributed by atoms with van der Waals surface area (Å²) in [6, 6.07) is 12.8. The lowest BCUT2D eigenvalue weighted by atomic mass is 10.1. The second kappa shape index (κ2) is 7.53. The van der Waals surface area contributed by atoms with Crippen molar-refractivity contribution in [2.75, 3.05) is 13.1 Å². The van der Waals surface area contributed by atoms with E-state index in [9.17, 15) is 0 Å². The van der Waals surface area contributed by atoms with Crippen molar-refractivity contribution >= 4 is 15.9 Å². The predicted molar refractivity (Wildman–Crippen MR) is 86.3 cm³/mol. The highest BCUT2D eigenvalue weighted by Crippen LogP contribution is 2.23. The molecule has 0 bridgehead atoms. The number of aromatic nitrogens is 1. The number of benzene rings is 1. The van der Waals surface area contributed by atoms with Crippen molar-refractivity contribution < 1.29 is 0 Å². The van der Waals surface area contributed by atoms with Crippen LogP contribution in [0, 0.1) is 0 Å². The van der Waals surface area contributed by atoms with Crippen molar-refractivity contribution in [1.82, 2.24) is 9.88 Å². The molecule has 1 atom stereocenters. The molecule has 1 aromatic carbocycles. The van der Waals surface area contributed by atoms with Crippen LogP contribution in [0.25, 0.3) is 0 Å². The van der Waals surface area contributed by atoms with Gasteiger partial charge >= 0.3 is 0 Å². The monoisotopic (exact) mass is 333 g/mol. The fraction of sp³-hybridized carbons (Fsp3) is 0.312. The highest BCUT2D eigenvalue weighted by molar-refractivity contribution is 9.10. The molecule has 1 heterocycles. The predicted octanol–water partition coefficient (Wildman–Crippen LogP) is 3.37. The van der Waals surface area contributed by atoms with Crippen molar-refractivity contribution in [3.63, 3.8) is 0 Å². The molecule has 0 spiro atoms. The number of likely N-dealkylation sites (N-methyl/N-ethyl adjacent to an activating group) is 1. The average molecular weight is 334 g/mol. The maximum atomic E-state index is 6.00. The standard InChI is InChI=1S/C16H20BrN3/c1-2-20(12-13-6-4-3-5-7-13)16(9-18)14-8-15(17)11-19-10-14/h3-8,10-11,16H,2,9,12,18H2,1H3. The third-order valence-electron chi connectivity index (χ3n) is 3.41. The van der Waals surface area contributed by atoms with Gasteiger partial charge in [0, 0.05) is 36.0 Å². The van der Waals surface area contributed by atoms with Gasteiger partial charge in [-0.2, -0.15) is 0 Å². The molecular weight excluding hydrogens is 314 g/mol. The molecule has 0 radical (unpaired) electrons. The Kier molecular flexibility index (Phi) is 5.71. The van der Waals surface area contributed by atoms with Gasteiger partial charge in [-0.05, 0) is 39.7 Å². The van der Waals surface area contributed by atoms with Crippen LogP contribution in [0.2, 0.25) is 0 Å². The first kappa shape index (κ1) is 15.2. The molecular formula is C16H20BrN3. The molecule has 2 rings (SSSR count). The van der Waals surface area contributed by atoms with Gasteiger partial charge in [-0.3, -0.25) is 9.88 Å². The molecule has 1 unspecified atom stereocenters. The summed E-state index contributed by atoms with van der Waals surface area (Å²) in [4.78, 5) is 6.62. The number of hydrogen-bond donors (Lipinski definition) is 1. The molecule has 0 saturated heterocycles. The molecule has 0 aliphatic heterocycles. The van der Waals surface area contributed by atoms with Crippen LogP contribution >= 0.6 is 15.9 Å². The van der Waals surface area contributed by atoms with E-state index in [1.165, 1.54) is 5.56 Å². The molecule has 0 fully saturated rings. The van der Waals surface area contributed by atoms with E-state index in [0.29, 0.717) is 6.54 Å². The first-order valence-electron chi connectivity index (χ1n) is 6.83. The zero-order valence-corrected chi connectivity index (χ0v) is 13.3. The molecule has 2 aromatic rings. The molecule has 4 heteroatoms. The molecule has 0 aliphatic carbocycles. The van der Waals surface area contributed by atoms with Crippen LogP contribution in [-0.2, 0) is 6.54 Å². The van der Waals surface area contributed by atoms with Crippen LogP contribution in [-0.4, -0.2) is 23.0 Å². The molecule has 106 valence electrons. The summed E-state index contributed by atoms with van der Waals surface area (Å²) in [6.07, 6.45) is 3.69. The summed E-state index contributed by atoms with van der Waals surface area (Å²) < 4.78 is 0.990. The topological polar surface area (TPSA) is 42.1 Å². The highest BCUT2D eigenvalue weighted by Gasteiger charge is 2.18. The molecule has 0 aliphatic rings. The zero-order valence-electron chi connectivity index (χ0n) is 11.7. The van der Waals surface area contributed by atoms with Gasteiger partial charge in [0.05, 0.1) is 0 Å². The Morgan fingerprint density at radius 1 is 1.25 bits per heavy atom. The van der Waals surface area contributed by atoms with E-state index in [0.717, 1.165) is 23.1 Å². The van der Waals surface area contributed by atoms with Gasteiger partial charge in [-0.15, -0.1) is 0 Å². The lowest BCUT2D eigenvalue weighted by Gasteiger charge is -2.30. The first-order chi connectivity index (χ1) is 9.74. The number of nitrogens with two attached hydrogens (primary N) is 1. The summed E-state index contributed by atoms with van der Waals surface area (Å²) in [5.41, 5.74) is 8.45. The minimum Gasteiger partial charge on any atom is -0.329 e. The van der Waals surface area contributed by atoms with Gasteiger partial charge in [0.15, 0.2) is 0 Å². The zero-order chi connectivity index (χ0) is 14.4. The molecule has 2 N–H and O–H groups in total. The Labute approximate surface area is 129 Å². The minimum absolute atomic E-state index is 0.185. The summed E-state index contributed by atoms with van der Waals surface area (Å²) in [5, 5.41) is 0. The van der Waals surface area contributed by atoms with Crippen molar-refractivity contribution in [3.8, 4) is 0 Å². The fourth-order valence-electron chi connectivity index (χ4n) is 2.37. The van der Waals surface area contributed by atoms with Crippen LogP contribution in [0.4, 0.5) is 0 Å². The Balaban J connectivity index is 2.19. The highest BCUT2D eigenvalue weighted by atomic mass is 79.9. The van der Waals surface area contributed by atoms with Gasteiger partial charge in [0.2, 0.25) is 0 Å². The van der Waals surface area contributed by atoms with Gasteiger partial charge in [-0.25, -0.2) is 0 Å². The average Bonchev–Trinajstić information content (AvgIpc) is 2.48. The van der Waals surface area contributed by atoms with Crippen molar-refractivity contribution in [2.45, 2.75) is 19.5 Å². The largest absolute Gasteiger partial charge is 0.329 e. The van der Waals surface area contributed by atoms with E-state index >= 15 is 0 Å². The fourth-order valence-corrected chi connectivity index (χ4v) is 2.75. The van der Waals surface area contributed by atoms with Crippen LogP contribution in [0.1, 0.15) is 24.1 Å². The number of hydrogen-bond acceptors (Lipinski definition) is 3. The van der Waals surface area contributed by atoms with E-state index in [1.807, 2.05) is 12.3 Å². The molecule has 0 saturated carbocycles. The van der Waals surface area contributed by atoms with Gasteiger partial charge in [-0.1, -0.05) is 37.3 Å². The van der Waals surface area contributed by atoms with E-state index in [2.05, 4.69) is 63.1 Å². The lowest BCUT2D eigenvalue weighted by molar-refractivity contribution is 0.203. The van der Waals surface area contributed by atoms with E-state index in [-0.39, 0.29) is 6.04 Å². The van der Waals surface area contributed by atoms with Crippen molar-refractivity contribution in [2.24, 2.45) is 5.73 Å². The molecule has 0 amide bonds. The summed E-state index contributed by atoms with van der Waals surface area (Å²) in [5.74, 6) is 0. The van der Waals surface area contributed by atoms with Gasteiger partial charge < -0.3 is 5.73 Å². The van der Waals surface area contributed by atoms with Crippen LogP contribution in [0.15, 0.2) is 53.3 Å². The molecule has 3 nitrogen and oxygen atoms in total. The second-order valence-electron chi connectivity index (χ2n) is 4.74. The SMILES string of the molecule is CCN(Cc1ccccc1)C(CN)c1cncc(Br)c1.